The maximum atomic E-state index is 12.0. The van der Waals surface area contributed by atoms with Gasteiger partial charge in [0.25, 0.3) is 0 Å². The van der Waals surface area contributed by atoms with Gasteiger partial charge in [-0.2, -0.15) is 0 Å². The van der Waals surface area contributed by atoms with Crippen LogP contribution in [0.25, 0.3) is 0 Å². The molecule has 1 aliphatic carbocycles. The van der Waals surface area contributed by atoms with Gasteiger partial charge in [-0.1, -0.05) is 0 Å². The highest BCUT2D eigenvalue weighted by Gasteiger charge is 2.32. The van der Waals surface area contributed by atoms with Crippen LogP contribution in [0.15, 0.2) is 0 Å². The lowest BCUT2D eigenvalue weighted by molar-refractivity contribution is -0.147. The normalized spacial score (nSPS) is 28.2. The molecule has 2 atom stereocenters. The number of hydrogen-bond donors (Lipinski definition) is 2. The molecular formula is C13H22N2O3. The van der Waals surface area contributed by atoms with Crippen LogP contribution in [-0.4, -0.2) is 47.1 Å². The molecule has 2 unspecified atom stereocenters. The number of aliphatic carboxylic acids is 1. The zero-order valence-corrected chi connectivity index (χ0v) is 10.9. The molecule has 5 nitrogen and oxygen atoms in total. The van der Waals surface area contributed by atoms with Gasteiger partial charge >= 0.3 is 5.97 Å². The lowest BCUT2D eigenvalue weighted by Gasteiger charge is -2.36. The first-order valence-corrected chi connectivity index (χ1v) is 6.83. The summed E-state index contributed by atoms with van der Waals surface area (Å²) in [5.41, 5.74) is 0. The molecule has 0 aromatic heterocycles. The molecule has 2 aliphatic rings. The Morgan fingerprint density at radius 2 is 2.06 bits per heavy atom. The Hall–Kier alpha value is -1.10. The lowest BCUT2D eigenvalue weighted by Crippen LogP contribution is -2.46. The Labute approximate surface area is 108 Å². The minimum atomic E-state index is -0.732. The third kappa shape index (κ3) is 3.45. The minimum absolute atomic E-state index is 0.0493. The Kier molecular flexibility index (Phi) is 4.22. The number of carboxylic acids is 1. The maximum absolute atomic E-state index is 12.0. The van der Waals surface area contributed by atoms with Crippen LogP contribution in [0.5, 0.6) is 0 Å². The van der Waals surface area contributed by atoms with Gasteiger partial charge in [0.05, 0.1) is 5.92 Å². The van der Waals surface area contributed by atoms with Crippen molar-refractivity contribution >= 4 is 11.9 Å². The summed E-state index contributed by atoms with van der Waals surface area (Å²) in [6.07, 6.45) is 4.15. The molecule has 0 aromatic carbocycles. The number of piperidine rings is 1. The van der Waals surface area contributed by atoms with Crippen LogP contribution >= 0.6 is 0 Å². The number of nitrogens with zero attached hydrogens (tertiary/aromatic N) is 1. The zero-order valence-electron chi connectivity index (χ0n) is 10.9. The van der Waals surface area contributed by atoms with Gasteiger partial charge in [-0.15, -0.1) is 0 Å². The molecule has 2 N–H and O–H groups in total. The summed E-state index contributed by atoms with van der Waals surface area (Å²) in [4.78, 5) is 24.8. The number of rotatable bonds is 5. The first-order chi connectivity index (χ1) is 8.58. The molecule has 2 fully saturated rings. The molecule has 1 aliphatic heterocycles. The predicted molar refractivity (Wildman–Crippen MR) is 67.2 cm³/mol. The smallest absolute Gasteiger partial charge is 0.306 e. The largest absolute Gasteiger partial charge is 0.481 e. The van der Waals surface area contributed by atoms with Crippen molar-refractivity contribution in [3.8, 4) is 0 Å². The van der Waals surface area contributed by atoms with Crippen molar-refractivity contribution < 1.29 is 14.7 Å². The van der Waals surface area contributed by atoms with E-state index in [0.29, 0.717) is 31.8 Å². The number of nitrogens with one attached hydrogen (secondary N) is 1. The van der Waals surface area contributed by atoms with E-state index in [4.69, 9.17) is 5.11 Å². The summed E-state index contributed by atoms with van der Waals surface area (Å²) < 4.78 is 0. The van der Waals surface area contributed by atoms with Gasteiger partial charge in [0.15, 0.2) is 0 Å². The van der Waals surface area contributed by atoms with E-state index < -0.39 is 5.97 Å². The quantitative estimate of drug-likeness (QED) is 0.763. The van der Waals surface area contributed by atoms with Gasteiger partial charge in [-0.3, -0.25) is 9.59 Å². The average Bonchev–Trinajstić information content (AvgIpc) is 3.12. The van der Waals surface area contributed by atoms with Crippen LogP contribution in [-0.2, 0) is 9.59 Å². The van der Waals surface area contributed by atoms with Gasteiger partial charge in [0.2, 0.25) is 5.91 Å². The first kappa shape index (κ1) is 13.3. The topological polar surface area (TPSA) is 69.6 Å². The highest BCUT2D eigenvalue weighted by atomic mass is 16.4. The van der Waals surface area contributed by atoms with Gasteiger partial charge in [-0.25, -0.2) is 0 Å². The summed E-state index contributed by atoms with van der Waals surface area (Å²) in [6, 6.07) is 0.682. The average molecular weight is 254 g/mol. The van der Waals surface area contributed by atoms with Crippen molar-refractivity contribution in [2.45, 2.75) is 51.1 Å². The molecule has 1 heterocycles. The maximum Gasteiger partial charge on any atom is 0.306 e. The van der Waals surface area contributed by atoms with Crippen molar-refractivity contribution in [1.82, 2.24) is 10.2 Å². The summed E-state index contributed by atoms with van der Waals surface area (Å²) >= 11 is 0. The van der Waals surface area contributed by atoms with Crippen molar-refractivity contribution in [2.75, 3.05) is 13.1 Å². The zero-order chi connectivity index (χ0) is 13.1. The molecule has 18 heavy (non-hydrogen) atoms. The van der Waals surface area contributed by atoms with Crippen LogP contribution < -0.4 is 5.32 Å². The van der Waals surface area contributed by atoms with Crippen LogP contribution in [0.1, 0.15) is 39.0 Å². The number of hydrogen-bond acceptors (Lipinski definition) is 3. The lowest BCUT2D eigenvalue weighted by atomic mass is 9.91. The van der Waals surface area contributed by atoms with E-state index in [1.54, 1.807) is 0 Å². The number of carbonyl (C=O) groups excluding carboxylic acids is 1. The van der Waals surface area contributed by atoms with Crippen molar-refractivity contribution in [1.29, 1.82) is 0 Å². The Bertz CT molecular complexity index is 328. The van der Waals surface area contributed by atoms with Crippen LogP contribution in [0.2, 0.25) is 0 Å². The van der Waals surface area contributed by atoms with E-state index in [1.807, 2.05) is 11.8 Å². The summed E-state index contributed by atoms with van der Waals surface area (Å²) in [5.74, 6) is -0.863. The van der Waals surface area contributed by atoms with E-state index in [1.165, 1.54) is 12.8 Å². The monoisotopic (exact) mass is 254 g/mol. The van der Waals surface area contributed by atoms with E-state index >= 15 is 0 Å². The molecule has 0 radical (unpaired) electrons. The number of carboxylic acid groups (broad SMARTS) is 1. The molecular weight excluding hydrogens is 232 g/mol. The van der Waals surface area contributed by atoms with Crippen LogP contribution in [0.3, 0.4) is 0 Å². The standard InChI is InChI=1S/C13H22N2O3/c1-9-8-10(13(17)18)5-7-15(9)12(16)4-6-14-11-2-3-11/h9-11,14H,2-8H2,1H3,(H,17,18). The van der Waals surface area contributed by atoms with Crippen LogP contribution in [0, 0.1) is 5.92 Å². The fourth-order valence-corrected chi connectivity index (χ4v) is 2.58. The van der Waals surface area contributed by atoms with Gasteiger partial charge < -0.3 is 15.3 Å². The molecule has 1 amide bonds. The second-order valence-corrected chi connectivity index (χ2v) is 5.47. The van der Waals surface area contributed by atoms with Crippen molar-refractivity contribution in [2.24, 2.45) is 5.92 Å². The van der Waals surface area contributed by atoms with E-state index in [9.17, 15) is 9.59 Å². The first-order valence-electron chi connectivity index (χ1n) is 6.83. The van der Waals surface area contributed by atoms with Gasteiger partial charge in [-0.05, 0) is 32.6 Å². The third-order valence-electron chi connectivity index (χ3n) is 3.89. The molecule has 2 rings (SSSR count). The van der Waals surface area contributed by atoms with E-state index in [-0.39, 0.29) is 17.9 Å². The Morgan fingerprint density at radius 3 is 2.61 bits per heavy atom. The molecule has 0 aromatic rings. The highest BCUT2D eigenvalue weighted by molar-refractivity contribution is 5.77. The summed E-state index contributed by atoms with van der Waals surface area (Å²) in [7, 11) is 0. The van der Waals surface area contributed by atoms with E-state index in [0.717, 1.165) is 6.54 Å². The number of amides is 1. The number of likely N-dealkylation sites (tertiary alicyclic amines) is 1. The Balaban J connectivity index is 1.74. The second-order valence-electron chi connectivity index (χ2n) is 5.47. The van der Waals surface area contributed by atoms with E-state index in [2.05, 4.69) is 5.32 Å². The summed E-state index contributed by atoms with van der Waals surface area (Å²) in [5, 5.41) is 12.3. The third-order valence-corrected chi connectivity index (χ3v) is 3.89. The molecule has 0 spiro atoms. The highest BCUT2D eigenvalue weighted by Crippen LogP contribution is 2.23. The summed E-state index contributed by atoms with van der Waals surface area (Å²) in [6.45, 7) is 3.27. The second kappa shape index (κ2) is 5.69. The van der Waals surface area contributed by atoms with Crippen LogP contribution in [0.4, 0.5) is 0 Å². The SMILES string of the molecule is CC1CC(C(=O)O)CCN1C(=O)CCNC1CC1. The minimum Gasteiger partial charge on any atom is -0.481 e. The Morgan fingerprint density at radius 1 is 1.33 bits per heavy atom. The molecule has 0 bridgehead atoms. The fourth-order valence-electron chi connectivity index (χ4n) is 2.58. The molecule has 102 valence electrons. The number of carbonyl (C=O) groups is 2. The van der Waals surface area contributed by atoms with Crippen molar-refractivity contribution in [3.05, 3.63) is 0 Å². The predicted octanol–water partition coefficient (Wildman–Crippen LogP) is 0.840. The van der Waals surface area contributed by atoms with Gasteiger partial charge in [0.1, 0.15) is 0 Å². The molecule has 5 heteroatoms. The fraction of sp³-hybridized carbons (Fsp3) is 0.846. The molecule has 1 saturated carbocycles. The van der Waals surface area contributed by atoms with Crippen molar-refractivity contribution in [3.63, 3.8) is 0 Å². The molecule has 1 saturated heterocycles. The van der Waals surface area contributed by atoms with Gasteiger partial charge in [0, 0.05) is 31.6 Å².